The van der Waals surface area contributed by atoms with Gasteiger partial charge in [-0.1, -0.05) is 30.3 Å². The number of aliphatic hydroxyl groups excluding tert-OH is 1. The molecule has 0 aliphatic heterocycles. The van der Waals surface area contributed by atoms with Crippen molar-refractivity contribution in [1.29, 1.82) is 0 Å². The third kappa shape index (κ3) is 5.16. The maximum Gasteiger partial charge on any atom is 0.411 e. The van der Waals surface area contributed by atoms with Crippen LogP contribution in [0, 0.1) is 0 Å². The third-order valence-electron chi connectivity index (χ3n) is 2.67. The second-order valence-corrected chi connectivity index (χ2v) is 4.28. The first-order valence-electron chi connectivity index (χ1n) is 6.59. The Bertz CT molecular complexity index is 554. The van der Waals surface area contributed by atoms with E-state index in [1.54, 1.807) is 24.3 Å². The Morgan fingerprint density at radius 3 is 2.43 bits per heavy atom. The average Bonchev–Trinajstić information content (AvgIpc) is 2.53. The Balaban J connectivity index is 1.83. The minimum absolute atomic E-state index is 0.0237. The van der Waals surface area contributed by atoms with Crippen molar-refractivity contribution in [3.63, 3.8) is 0 Å². The van der Waals surface area contributed by atoms with Gasteiger partial charge in [-0.2, -0.15) is 0 Å². The molecule has 0 bridgehead atoms. The van der Waals surface area contributed by atoms with Crippen LogP contribution < -0.4 is 10.1 Å². The summed E-state index contributed by atoms with van der Waals surface area (Å²) in [6.45, 7) is 0.274. The summed E-state index contributed by atoms with van der Waals surface area (Å²) in [5.74, 6) is 0.716. The molecule has 2 aromatic rings. The summed E-state index contributed by atoms with van der Waals surface area (Å²) in [6.07, 6.45) is -0.595. The third-order valence-corrected chi connectivity index (χ3v) is 2.67. The highest BCUT2D eigenvalue weighted by molar-refractivity contribution is 5.84. The zero-order valence-electron chi connectivity index (χ0n) is 11.5. The highest BCUT2D eigenvalue weighted by Gasteiger charge is 2.03. The molecule has 1 amide bonds. The lowest BCUT2D eigenvalue weighted by molar-refractivity contribution is 0.131. The number of amides is 1. The van der Waals surface area contributed by atoms with Gasteiger partial charge in [0.2, 0.25) is 0 Å². The number of carbonyl (C=O) groups is 1. The van der Waals surface area contributed by atoms with Crippen molar-refractivity contribution < 1.29 is 19.4 Å². The summed E-state index contributed by atoms with van der Waals surface area (Å²) in [6, 6.07) is 16.9. The number of rotatable bonds is 6. The van der Waals surface area contributed by atoms with Crippen LogP contribution in [0.4, 0.5) is 10.5 Å². The maximum atomic E-state index is 11.3. The van der Waals surface area contributed by atoms with E-state index in [0.717, 1.165) is 5.56 Å². The Morgan fingerprint density at radius 1 is 1.05 bits per heavy atom. The number of benzene rings is 2. The Kier molecular flexibility index (Phi) is 5.60. The molecule has 5 heteroatoms. The van der Waals surface area contributed by atoms with Crippen LogP contribution in [0.25, 0.3) is 0 Å². The first kappa shape index (κ1) is 14.9. The van der Waals surface area contributed by atoms with E-state index in [4.69, 9.17) is 14.6 Å². The molecule has 0 saturated carbocycles. The SMILES string of the molecule is O=C(Nc1ccc(OCc2ccccc2)cc1)OCCO. The Morgan fingerprint density at radius 2 is 1.76 bits per heavy atom. The fraction of sp³-hybridized carbons (Fsp3) is 0.188. The minimum Gasteiger partial charge on any atom is -0.489 e. The quantitative estimate of drug-likeness (QED) is 0.857. The smallest absolute Gasteiger partial charge is 0.411 e. The van der Waals surface area contributed by atoms with E-state index in [-0.39, 0.29) is 13.2 Å². The lowest BCUT2D eigenvalue weighted by atomic mass is 10.2. The monoisotopic (exact) mass is 287 g/mol. The Labute approximate surface area is 123 Å². The van der Waals surface area contributed by atoms with Crippen molar-refractivity contribution in [2.45, 2.75) is 6.61 Å². The van der Waals surface area contributed by atoms with Gasteiger partial charge in [-0.25, -0.2) is 4.79 Å². The average molecular weight is 287 g/mol. The highest BCUT2D eigenvalue weighted by Crippen LogP contribution is 2.17. The number of carbonyl (C=O) groups excluding carboxylic acids is 1. The summed E-state index contributed by atoms with van der Waals surface area (Å²) < 4.78 is 10.3. The fourth-order valence-electron chi connectivity index (χ4n) is 1.67. The molecule has 0 atom stereocenters. The molecule has 21 heavy (non-hydrogen) atoms. The largest absolute Gasteiger partial charge is 0.489 e. The number of hydrogen-bond acceptors (Lipinski definition) is 4. The van der Waals surface area contributed by atoms with Crippen LogP contribution in [0.2, 0.25) is 0 Å². The van der Waals surface area contributed by atoms with E-state index in [2.05, 4.69) is 5.32 Å². The first-order valence-corrected chi connectivity index (χ1v) is 6.59. The molecule has 0 fully saturated rings. The van der Waals surface area contributed by atoms with Crippen molar-refractivity contribution in [2.75, 3.05) is 18.5 Å². The van der Waals surface area contributed by atoms with Crippen molar-refractivity contribution in [3.05, 3.63) is 60.2 Å². The van der Waals surface area contributed by atoms with Gasteiger partial charge in [-0.15, -0.1) is 0 Å². The van der Waals surface area contributed by atoms with Crippen molar-refractivity contribution in [1.82, 2.24) is 0 Å². The van der Waals surface area contributed by atoms with E-state index in [9.17, 15) is 4.79 Å². The first-order chi connectivity index (χ1) is 10.3. The summed E-state index contributed by atoms with van der Waals surface area (Å²) in [5, 5.41) is 11.1. The predicted molar refractivity (Wildman–Crippen MR) is 79.3 cm³/mol. The zero-order chi connectivity index (χ0) is 14.9. The van der Waals surface area contributed by atoms with Crippen LogP contribution >= 0.6 is 0 Å². The van der Waals surface area contributed by atoms with E-state index in [1.807, 2.05) is 30.3 Å². The molecule has 2 aromatic carbocycles. The van der Waals surface area contributed by atoms with Crippen LogP contribution in [0.3, 0.4) is 0 Å². The maximum absolute atomic E-state index is 11.3. The summed E-state index contributed by atoms with van der Waals surface area (Å²) in [5.41, 5.74) is 1.69. The van der Waals surface area contributed by atoms with Crippen LogP contribution in [0.5, 0.6) is 5.75 Å². The van der Waals surface area contributed by atoms with Gasteiger partial charge in [-0.05, 0) is 29.8 Å². The molecule has 5 nitrogen and oxygen atoms in total. The molecule has 110 valence electrons. The van der Waals surface area contributed by atoms with E-state index >= 15 is 0 Å². The topological polar surface area (TPSA) is 67.8 Å². The standard InChI is InChI=1S/C16H17NO4/c18-10-11-20-16(19)17-14-6-8-15(9-7-14)21-12-13-4-2-1-3-5-13/h1-9,18H,10-12H2,(H,17,19). The van der Waals surface area contributed by atoms with E-state index in [1.165, 1.54) is 0 Å². The van der Waals surface area contributed by atoms with Crippen LogP contribution in [-0.2, 0) is 11.3 Å². The van der Waals surface area contributed by atoms with Crippen molar-refractivity contribution in [2.24, 2.45) is 0 Å². The number of hydrogen-bond donors (Lipinski definition) is 2. The molecular formula is C16H17NO4. The molecule has 0 aromatic heterocycles. The Hall–Kier alpha value is -2.53. The molecule has 0 saturated heterocycles. The van der Waals surface area contributed by atoms with Gasteiger partial charge in [0.25, 0.3) is 0 Å². The van der Waals surface area contributed by atoms with Gasteiger partial charge in [0.15, 0.2) is 0 Å². The molecule has 2 rings (SSSR count). The normalized spacial score (nSPS) is 9.95. The molecular weight excluding hydrogens is 270 g/mol. The molecule has 0 radical (unpaired) electrons. The number of nitrogens with one attached hydrogen (secondary N) is 1. The van der Waals surface area contributed by atoms with Gasteiger partial charge < -0.3 is 14.6 Å². The van der Waals surface area contributed by atoms with Crippen LogP contribution in [0.1, 0.15) is 5.56 Å². The zero-order valence-corrected chi connectivity index (χ0v) is 11.5. The number of aliphatic hydroxyl groups is 1. The second kappa shape index (κ2) is 7.91. The number of ether oxygens (including phenoxy) is 2. The van der Waals surface area contributed by atoms with Gasteiger partial charge >= 0.3 is 6.09 Å². The molecule has 0 heterocycles. The highest BCUT2D eigenvalue weighted by atomic mass is 16.6. The fourth-order valence-corrected chi connectivity index (χ4v) is 1.67. The number of anilines is 1. The predicted octanol–water partition coefficient (Wildman–Crippen LogP) is 2.81. The summed E-state index contributed by atoms with van der Waals surface area (Å²) >= 11 is 0. The second-order valence-electron chi connectivity index (χ2n) is 4.28. The van der Waals surface area contributed by atoms with Crippen LogP contribution in [-0.4, -0.2) is 24.4 Å². The molecule has 0 unspecified atom stereocenters. The lowest BCUT2D eigenvalue weighted by Gasteiger charge is -2.08. The molecule has 0 spiro atoms. The van der Waals surface area contributed by atoms with Crippen molar-refractivity contribution >= 4 is 11.8 Å². The van der Waals surface area contributed by atoms with Gasteiger partial charge in [-0.3, -0.25) is 5.32 Å². The summed E-state index contributed by atoms with van der Waals surface area (Å²) in [4.78, 5) is 11.3. The molecule has 0 aliphatic carbocycles. The molecule has 2 N–H and O–H groups in total. The minimum atomic E-state index is -0.595. The van der Waals surface area contributed by atoms with E-state index in [0.29, 0.717) is 18.0 Å². The molecule has 0 aliphatic rings. The van der Waals surface area contributed by atoms with Gasteiger partial charge in [0, 0.05) is 5.69 Å². The van der Waals surface area contributed by atoms with Gasteiger partial charge in [0.05, 0.1) is 6.61 Å². The van der Waals surface area contributed by atoms with Crippen molar-refractivity contribution in [3.8, 4) is 5.75 Å². The summed E-state index contributed by atoms with van der Waals surface area (Å²) in [7, 11) is 0. The lowest BCUT2D eigenvalue weighted by Crippen LogP contribution is -2.15. The van der Waals surface area contributed by atoms with Gasteiger partial charge in [0.1, 0.15) is 19.0 Å². The van der Waals surface area contributed by atoms with Crippen LogP contribution in [0.15, 0.2) is 54.6 Å². The van der Waals surface area contributed by atoms with E-state index < -0.39 is 6.09 Å².